The summed E-state index contributed by atoms with van der Waals surface area (Å²) in [5.74, 6) is -0.0897. The van der Waals surface area contributed by atoms with Gasteiger partial charge >= 0.3 is 0 Å². The Kier molecular flexibility index (Phi) is 3.62. The Morgan fingerprint density at radius 3 is 2.30 bits per heavy atom. The SMILES string of the molecule is O=C1C=CC(=O)N1c1ccc(COCC2COC2)cc1. The lowest BCUT2D eigenvalue weighted by molar-refractivity contribution is -0.119. The van der Waals surface area contributed by atoms with E-state index in [2.05, 4.69) is 0 Å². The van der Waals surface area contributed by atoms with Gasteiger partial charge in [0.2, 0.25) is 0 Å². The molecule has 2 heterocycles. The maximum Gasteiger partial charge on any atom is 0.258 e. The molecule has 0 saturated carbocycles. The highest BCUT2D eigenvalue weighted by Crippen LogP contribution is 2.20. The van der Waals surface area contributed by atoms with Crippen molar-refractivity contribution < 1.29 is 19.1 Å². The minimum absolute atomic E-state index is 0.302. The predicted molar refractivity (Wildman–Crippen MR) is 72.0 cm³/mol. The minimum atomic E-state index is -0.302. The van der Waals surface area contributed by atoms with Crippen molar-refractivity contribution in [2.24, 2.45) is 5.92 Å². The van der Waals surface area contributed by atoms with Crippen molar-refractivity contribution in [1.82, 2.24) is 0 Å². The zero-order chi connectivity index (χ0) is 13.9. The Labute approximate surface area is 116 Å². The number of rotatable bonds is 5. The van der Waals surface area contributed by atoms with Crippen molar-refractivity contribution >= 4 is 17.5 Å². The summed E-state index contributed by atoms with van der Waals surface area (Å²) in [7, 11) is 0. The van der Waals surface area contributed by atoms with Crippen molar-refractivity contribution in [1.29, 1.82) is 0 Å². The number of hydrogen-bond acceptors (Lipinski definition) is 4. The first-order chi connectivity index (χ1) is 9.74. The summed E-state index contributed by atoms with van der Waals surface area (Å²) in [6.07, 6.45) is 2.56. The van der Waals surface area contributed by atoms with E-state index in [0.717, 1.165) is 23.7 Å². The molecule has 5 heteroatoms. The number of amides is 2. The number of hydrogen-bond donors (Lipinski definition) is 0. The molecule has 0 bridgehead atoms. The van der Waals surface area contributed by atoms with Crippen LogP contribution >= 0.6 is 0 Å². The van der Waals surface area contributed by atoms with Crippen LogP contribution in [0.1, 0.15) is 5.56 Å². The van der Waals surface area contributed by atoms with E-state index in [1.807, 2.05) is 12.1 Å². The molecule has 0 aromatic heterocycles. The number of nitrogens with zero attached hydrogens (tertiary/aromatic N) is 1. The largest absolute Gasteiger partial charge is 0.381 e. The van der Waals surface area contributed by atoms with Crippen molar-refractivity contribution in [2.75, 3.05) is 24.7 Å². The monoisotopic (exact) mass is 273 g/mol. The van der Waals surface area contributed by atoms with Crippen LogP contribution in [0, 0.1) is 5.92 Å². The molecule has 0 N–H and O–H groups in total. The Bertz CT molecular complexity index is 527. The van der Waals surface area contributed by atoms with Crippen LogP contribution in [0.2, 0.25) is 0 Å². The molecule has 0 atom stereocenters. The highest BCUT2D eigenvalue weighted by molar-refractivity contribution is 6.28. The zero-order valence-corrected chi connectivity index (χ0v) is 11.0. The molecule has 2 aliphatic heterocycles. The third-order valence-electron chi connectivity index (χ3n) is 3.33. The van der Waals surface area contributed by atoms with Crippen molar-refractivity contribution in [3.63, 3.8) is 0 Å². The molecule has 104 valence electrons. The molecule has 0 aliphatic carbocycles. The molecule has 2 aliphatic rings. The maximum absolute atomic E-state index is 11.5. The van der Waals surface area contributed by atoms with Gasteiger partial charge in [-0.15, -0.1) is 0 Å². The van der Waals surface area contributed by atoms with E-state index in [0.29, 0.717) is 24.8 Å². The predicted octanol–water partition coefficient (Wildman–Crippen LogP) is 1.28. The Morgan fingerprint density at radius 1 is 1.10 bits per heavy atom. The molecule has 3 rings (SSSR count). The van der Waals surface area contributed by atoms with E-state index in [1.54, 1.807) is 12.1 Å². The van der Waals surface area contributed by atoms with Gasteiger partial charge < -0.3 is 9.47 Å². The standard InChI is InChI=1S/C15H15NO4/c17-14-5-6-15(18)16(14)13-3-1-11(2-4-13)7-19-8-12-9-20-10-12/h1-6,12H,7-10H2. The average molecular weight is 273 g/mol. The van der Waals surface area contributed by atoms with E-state index < -0.39 is 0 Å². The molecule has 0 spiro atoms. The van der Waals surface area contributed by atoms with Gasteiger partial charge in [-0.2, -0.15) is 0 Å². The van der Waals surface area contributed by atoms with Crippen LogP contribution in [-0.4, -0.2) is 31.6 Å². The normalized spacial score (nSPS) is 18.7. The fourth-order valence-electron chi connectivity index (χ4n) is 2.12. The van der Waals surface area contributed by atoms with Crippen LogP contribution in [0.15, 0.2) is 36.4 Å². The summed E-state index contributed by atoms with van der Waals surface area (Å²) >= 11 is 0. The topological polar surface area (TPSA) is 55.8 Å². The van der Waals surface area contributed by atoms with Crippen molar-refractivity contribution in [2.45, 2.75) is 6.61 Å². The van der Waals surface area contributed by atoms with Crippen LogP contribution in [0.3, 0.4) is 0 Å². The molecule has 2 amide bonds. The van der Waals surface area contributed by atoms with Gasteiger partial charge in [-0.05, 0) is 17.7 Å². The Balaban J connectivity index is 1.56. The number of ether oxygens (including phenoxy) is 2. The molecule has 5 nitrogen and oxygen atoms in total. The number of imide groups is 1. The van der Waals surface area contributed by atoms with Crippen LogP contribution in [0.25, 0.3) is 0 Å². The van der Waals surface area contributed by atoms with Gasteiger partial charge in [0.05, 0.1) is 32.1 Å². The van der Waals surface area contributed by atoms with Crippen LogP contribution in [0.4, 0.5) is 5.69 Å². The lowest BCUT2D eigenvalue weighted by atomic mass is 10.1. The van der Waals surface area contributed by atoms with E-state index >= 15 is 0 Å². The van der Waals surface area contributed by atoms with E-state index in [-0.39, 0.29) is 11.8 Å². The van der Waals surface area contributed by atoms with Gasteiger partial charge in [0, 0.05) is 18.1 Å². The summed E-state index contributed by atoms with van der Waals surface area (Å²) < 4.78 is 10.7. The first-order valence-electron chi connectivity index (χ1n) is 6.54. The number of anilines is 1. The second kappa shape index (κ2) is 5.56. The van der Waals surface area contributed by atoms with Crippen LogP contribution in [-0.2, 0) is 25.7 Å². The first-order valence-corrected chi connectivity index (χ1v) is 6.54. The molecular weight excluding hydrogens is 258 g/mol. The summed E-state index contributed by atoms with van der Waals surface area (Å²) in [5.41, 5.74) is 1.60. The molecule has 1 aromatic carbocycles. The minimum Gasteiger partial charge on any atom is -0.381 e. The molecule has 1 aromatic rings. The lowest BCUT2D eigenvalue weighted by Crippen LogP contribution is -2.31. The number of carbonyl (C=O) groups excluding carboxylic acids is 2. The third kappa shape index (κ3) is 2.64. The van der Waals surface area contributed by atoms with Gasteiger partial charge in [0.1, 0.15) is 0 Å². The lowest BCUT2D eigenvalue weighted by Gasteiger charge is -2.25. The smallest absolute Gasteiger partial charge is 0.258 e. The average Bonchev–Trinajstić information content (AvgIpc) is 2.73. The fraction of sp³-hybridized carbons (Fsp3) is 0.333. The molecule has 1 saturated heterocycles. The molecule has 1 fully saturated rings. The van der Waals surface area contributed by atoms with Gasteiger partial charge in [-0.3, -0.25) is 9.59 Å². The molecular formula is C15H15NO4. The quantitative estimate of drug-likeness (QED) is 0.758. The van der Waals surface area contributed by atoms with Gasteiger partial charge in [0.15, 0.2) is 0 Å². The Morgan fingerprint density at radius 2 is 1.75 bits per heavy atom. The first kappa shape index (κ1) is 13.0. The summed E-state index contributed by atoms with van der Waals surface area (Å²) in [4.78, 5) is 24.2. The molecule has 0 radical (unpaired) electrons. The summed E-state index contributed by atoms with van der Waals surface area (Å²) in [6, 6.07) is 7.25. The second-order valence-electron chi connectivity index (χ2n) is 4.93. The van der Waals surface area contributed by atoms with Gasteiger partial charge in [-0.25, -0.2) is 4.90 Å². The van der Waals surface area contributed by atoms with Gasteiger partial charge in [-0.1, -0.05) is 12.1 Å². The summed E-state index contributed by atoms with van der Waals surface area (Å²) in [5, 5.41) is 0. The molecule has 0 unspecified atom stereocenters. The highest BCUT2D eigenvalue weighted by atomic mass is 16.5. The zero-order valence-electron chi connectivity index (χ0n) is 11.0. The van der Waals surface area contributed by atoms with Crippen LogP contribution < -0.4 is 4.90 Å². The van der Waals surface area contributed by atoms with E-state index in [4.69, 9.17) is 9.47 Å². The maximum atomic E-state index is 11.5. The van der Waals surface area contributed by atoms with E-state index in [9.17, 15) is 9.59 Å². The van der Waals surface area contributed by atoms with Crippen LogP contribution in [0.5, 0.6) is 0 Å². The van der Waals surface area contributed by atoms with E-state index in [1.165, 1.54) is 12.2 Å². The highest BCUT2D eigenvalue weighted by Gasteiger charge is 2.24. The van der Waals surface area contributed by atoms with Gasteiger partial charge in [0.25, 0.3) is 11.8 Å². The Hall–Kier alpha value is -1.98. The number of carbonyl (C=O) groups is 2. The number of benzene rings is 1. The second-order valence-corrected chi connectivity index (χ2v) is 4.93. The fourth-order valence-corrected chi connectivity index (χ4v) is 2.12. The summed E-state index contributed by atoms with van der Waals surface area (Å²) in [6.45, 7) is 2.79. The molecule has 20 heavy (non-hydrogen) atoms. The third-order valence-corrected chi connectivity index (χ3v) is 3.33. The van der Waals surface area contributed by atoms with Crippen molar-refractivity contribution in [3.05, 3.63) is 42.0 Å². The van der Waals surface area contributed by atoms with Crippen molar-refractivity contribution in [3.8, 4) is 0 Å².